The van der Waals surface area contributed by atoms with Gasteiger partial charge in [0.05, 0.1) is 11.7 Å². The van der Waals surface area contributed by atoms with E-state index >= 15 is 0 Å². The average Bonchev–Trinajstić information content (AvgIpc) is 2.36. The van der Waals surface area contributed by atoms with Gasteiger partial charge in [0.25, 0.3) is 6.43 Å². The molecule has 0 radical (unpaired) electrons. The number of nitrogen functional groups attached to an aromatic ring is 1. The zero-order valence-corrected chi connectivity index (χ0v) is 15.8. The Morgan fingerprint density at radius 2 is 1.71 bits per heavy atom. The molecule has 0 bridgehead atoms. The van der Waals surface area contributed by atoms with Crippen LogP contribution in [-0.4, -0.2) is 37.5 Å². The summed E-state index contributed by atoms with van der Waals surface area (Å²) in [6.07, 6.45) is -2.47. The maximum atomic E-state index is 13.5. The van der Waals surface area contributed by atoms with Gasteiger partial charge in [0, 0.05) is 40.7 Å². The summed E-state index contributed by atoms with van der Waals surface area (Å²) in [5.74, 6) is 0. The number of nitrogens with zero attached hydrogens (tertiary/aromatic N) is 1. The molecule has 1 atom stereocenters. The third-order valence-electron chi connectivity index (χ3n) is 3.23. The van der Waals surface area contributed by atoms with Gasteiger partial charge in [-0.15, -0.1) is 24.8 Å². The van der Waals surface area contributed by atoms with Crippen molar-refractivity contribution in [2.24, 2.45) is 0 Å². The molecule has 3 N–H and O–H groups in total. The summed E-state index contributed by atoms with van der Waals surface area (Å²) in [7, 11) is 0. The highest BCUT2D eigenvalue weighted by molar-refractivity contribution is 9.11. The number of nitrogens with one attached hydrogen (secondary N) is 1. The van der Waals surface area contributed by atoms with Crippen LogP contribution in [0.3, 0.4) is 0 Å². The molecule has 1 saturated heterocycles. The van der Waals surface area contributed by atoms with Gasteiger partial charge in [-0.05, 0) is 28.1 Å². The Hall–Kier alpha value is 0.340. The molecule has 0 amide bonds. The number of rotatable bonds is 3. The summed E-state index contributed by atoms with van der Waals surface area (Å²) < 4.78 is 28.3. The second kappa shape index (κ2) is 9.47. The minimum absolute atomic E-state index is 0. The predicted molar refractivity (Wildman–Crippen MR) is 93.9 cm³/mol. The van der Waals surface area contributed by atoms with Crippen LogP contribution in [0.15, 0.2) is 21.1 Å². The van der Waals surface area contributed by atoms with E-state index in [2.05, 4.69) is 37.2 Å². The van der Waals surface area contributed by atoms with Crippen LogP contribution in [0.5, 0.6) is 0 Å². The topological polar surface area (TPSA) is 41.3 Å². The van der Waals surface area contributed by atoms with Crippen LogP contribution in [0.1, 0.15) is 11.6 Å². The summed E-state index contributed by atoms with van der Waals surface area (Å²) in [6, 6.07) is 2.48. The number of piperazine rings is 1. The second-order valence-electron chi connectivity index (χ2n) is 4.46. The quantitative estimate of drug-likeness (QED) is 0.658. The molecule has 21 heavy (non-hydrogen) atoms. The van der Waals surface area contributed by atoms with Crippen LogP contribution < -0.4 is 11.1 Å². The third-order valence-corrected chi connectivity index (χ3v) is 4.34. The Balaban J connectivity index is 0.00000200. The number of anilines is 1. The molecular weight excluding hydrogens is 455 g/mol. The highest BCUT2D eigenvalue weighted by Crippen LogP contribution is 2.37. The van der Waals surface area contributed by atoms with Crippen molar-refractivity contribution in [3.63, 3.8) is 0 Å². The minimum atomic E-state index is -2.47. The molecule has 2 rings (SSSR count). The van der Waals surface area contributed by atoms with Gasteiger partial charge in [-0.25, -0.2) is 8.78 Å². The third kappa shape index (κ3) is 5.18. The molecule has 0 unspecified atom stereocenters. The number of halogens is 6. The van der Waals surface area contributed by atoms with Crippen LogP contribution >= 0.6 is 56.7 Å². The molecule has 0 aromatic heterocycles. The van der Waals surface area contributed by atoms with Crippen LogP contribution in [0, 0.1) is 0 Å². The first-order valence-electron chi connectivity index (χ1n) is 5.98. The molecule has 1 aromatic carbocycles. The van der Waals surface area contributed by atoms with Crippen LogP contribution in [0.4, 0.5) is 14.5 Å². The molecule has 9 heteroatoms. The van der Waals surface area contributed by atoms with Gasteiger partial charge in [-0.3, -0.25) is 4.90 Å². The fourth-order valence-electron chi connectivity index (χ4n) is 2.30. The van der Waals surface area contributed by atoms with Crippen molar-refractivity contribution in [2.45, 2.75) is 12.5 Å². The van der Waals surface area contributed by atoms with E-state index in [0.29, 0.717) is 28.8 Å². The van der Waals surface area contributed by atoms with Gasteiger partial charge < -0.3 is 11.1 Å². The Morgan fingerprint density at radius 1 is 1.14 bits per heavy atom. The van der Waals surface area contributed by atoms with Gasteiger partial charge >= 0.3 is 0 Å². The first-order chi connectivity index (χ1) is 9.00. The average molecular weight is 472 g/mol. The van der Waals surface area contributed by atoms with E-state index in [9.17, 15) is 8.78 Å². The standard InChI is InChI=1S/C12H15Br2F2N3.2ClH/c13-7-5-8(10(17)9(14)6-7)11(12(15)16)19-3-1-18-2-4-19;;/h5-6,11-12,18H,1-4,17H2;2*1H/t11-;;/m1../s1. The van der Waals surface area contributed by atoms with Crippen molar-refractivity contribution >= 4 is 62.4 Å². The predicted octanol–water partition coefficient (Wildman–Crippen LogP) is 3.85. The van der Waals surface area contributed by atoms with E-state index in [1.807, 2.05) is 0 Å². The lowest BCUT2D eigenvalue weighted by atomic mass is 10.0. The number of hydrogen-bond acceptors (Lipinski definition) is 3. The Labute approximate surface area is 152 Å². The van der Waals surface area contributed by atoms with Gasteiger partial charge in [0.1, 0.15) is 0 Å². The molecule has 0 spiro atoms. The summed E-state index contributed by atoms with van der Waals surface area (Å²) in [4.78, 5) is 1.78. The number of benzene rings is 1. The van der Waals surface area contributed by atoms with Gasteiger partial charge in [-0.2, -0.15) is 0 Å². The minimum Gasteiger partial charge on any atom is -0.398 e. The number of nitrogens with two attached hydrogens (primary N) is 1. The molecule has 1 fully saturated rings. The van der Waals surface area contributed by atoms with Crippen LogP contribution in [0.2, 0.25) is 0 Å². The SMILES string of the molecule is Cl.Cl.Nc1c(Br)cc(Br)cc1[C@H](C(F)F)N1CCNCC1. The van der Waals surface area contributed by atoms with Crippen LogP contribution in [0.25, 0.3) is 0 Å². The fourth-order valence-corrected chi connectivity index (χ4v) is 3.56. The highest BCUT2D eigenvalue weighted by Gasteiger charge is 2.32. The Kier molecular flexibility index (Phi) is 9.63. The monoisotopic (exact) mass is 469 g/mol. The summed E-state index contributed by atoms with van der Waals surface area (Å²) >= 11 is 6.63. The number of alkyl halides is 2. The van der Waals surface area contributed by atoms with E-state index in [1.165, 1.54) is 0 Å². The van der Waals surface area contributed by atoms with E-state index in [0.717, 1.165) is 17.6 Å². The normalized spacial score (nSPS) is 17.0. The van der Waals surface area contributed by atoms with Crippen molar-refractivity contribution in [3.8, 4) is 0 Å². The van der Waals surface area contributed by atoms with E-state index < -0.39 is 12.5 Å². The summed E-state index contributed by atoms with van der Waals surface area (Å²) in [5.41, 5.74) is 6.81. The summed E-state index contributed by atoms with van der Waals surface area (Å²) in [6.45, 7) is 2.63. The van der Waals surface area contributed by atoms with Crippen molar-refractivity contribution in [1.29, 1.82) is 0 Å². The molecule has 1 aliphatic rings. The van der Waals surface area contributed by atoms with E-state index in [4.69, 9.17) is 5.73 Å². The second-order valence-corrected chi connectivity index (χ2v) is 6.23. The van der Waals surface area contributed by atoms with E-state index in [1.54, 1.807) is 17.0 Å². The molecular formula is C12H17Br2Cl2F2N3. The molecule has 0 saturated carbocycles. The summed E-state index contributed by atoms with van der Waals surface area (Å²) in [5, 5.41) is 3.16. The first kappa shape index (κ1) is 21.3. The van der Waals surface area contributed by atoms with Gasteiger partial charge in [0.15, 0.2) is 0 Å². The lowest BCUT2D eigenvalue weighted by Crippen LogP contribution is -2.47. The van der Waals surface area contributed by atoms with Crippen LogP contribution in [-0.2, 0) is 0 Å². The van der Waals surface area contributed by atoms with Crippen molar-refractivity contribution in [3.05, 3.63) is 26.6 Å². The zero-order valence-electron chi connectivity index (χ0n) is 11.0. The lowest BCUT2D eigenvalue weighted by Gasteiger charge is -2.35. The fraction of sp³-hybridized carbons (Fsp3) is 0.500. The smallest absolute Gasteiger partial charge is 0.258 e. The molecule has 1 aromatic rings. The Morgan fingerprint density at radius 3 is 2.24 bits per heavy atom. The van der Waals surface area contributed by atoms with Gasteiger partial charge in [0.2, 0.25) is 0 Å². The largest absolute Gasteiger partial charge is 0.398 e. The van der Waals surface area contributed by atoms with E-state index in [-0.39, 0.29) is 24.8 Å². The van der Waals surface area contributed by atoms with Crippen molar-refractivity contribution in [2.75, 3.05) is 31.9 Å². The molecule has 3 nitrogen and oxygen atoms in total. The zero-order chi connectivity index (χ0) is 14.0. The maximum absolute atomic E-state index is 13.5. The highest BCUT2D eigenvalue weighted by atomic mass is 79.9. The van der Waals surface area contributed by atoms with Crippen molar-refractivity contribution < 1.29 is 8.78 Å². The maximum Gasteiger partial charge on any atom is 0.258 e. The van der Waals surface area contributed by atoms with Gasteiger partial charge in [-0.1, -0.05) is 15.9 Å². The van der Waals surface area contributed by atoms with Crippen molar-refractivity contribution in [1.82, 2.24) is 10.2 Å². The lowest BCUT2D eigenvalue weighted by molar-refractivity contribution is 0.0185. The molecule has 122 valence electrons. The first-order valence-corrected chi connectivity index (χ1v) is 7.56. The molecule has 0 aliphatic carbocycles. The Bertz CT molecular complexity index is 460. The number of hydrogen-bond donors (Lipinski definition) is 2. The molecule has 1 heterocycles. The molecule has 1 aliphatic heterocycles.